The zero-order chi connectivity index (χ0) is 18.7. The summed E-state index contributed by atoms with van der Waals surface area (Å²) in [7, 11) is 0. The molecule has 2 aromatic carbocycles. The summed E-state index contributed by atoms with van der Waals surface area (Å²) in [6, 6.07) is 12.4. The highest BCUT2D eigenvalue weighted by atomic mass is 35.5. The van der Waals surface area contributed by atoms with Crippen LogP contribution in [0.2, 0.25) is 5.02 Å². The number of hydrogen-bond acceptors (Lipinski definition) is 4. The zero-order valence-electron chi connectivity index (χ0n) is 14.5. The van der Waals surface area contributed by atoms with Crippen LogP contribution in [0.1, 0.15) is 21.5 Å². The Morgan fingerprint density at radius 3 is 2.50 bits per heavy atom. The van der Waals surface area contributed by atoms with Crippen molar-refractivity contribution in [1.29, 1.82) is 0 Å². The fraction of sp³-hybridized carbons (Fsp3) is 0.316. The number of hydrogen-bond donors (Lipinski definition) is 0. The van der Waals surface area contributed by atoms with Crippen molar-refractivity contribution in [2.45, 2.75) is 13.5 Å². The van der Waals surface area contributed by atoms with Gasteiger partial charge in [0.1, 0.15) is 5.56 Å². The first-order valence-electron chi connectivity index (χ1n) is 8.46. The van der Waals surface area contributed by atoms with Gasteiger partial charge in [-0.25, -0.2) is 0 Å². The molecule has 1 aliphatic heterocycles. The van der Waals surface area contributed by atoms with Crippen LogP contribution >= 0.6 is 11.6 Å². The molecule has 0 unspecified atom stereocenters. The molecule has 1 amide bonds. The third kappa shape index (κ3) is 4.03. The second-order valence-electron chi connectivity index (χ2n) is 6.41. The summed E-state index contributed by atoms with van der Waals surface area (Å²) in [5.74, 6) is -0.316. The minimum absolute atomic E-state index is 0.0896. The predicted molar refractivity (Wildman–Crippen MR) is 100 cm³/mol. The monoisotopic (exact) mass is 373 g/mol. The molecule has 6 nitrogen and oxygen atoms in total. The lowest BCUT2D eigenvalue weighted by atomic mass is 10.1. The summed E-state index contributed by atoms with van der Waals surface area (Å²) in [5.41, 5.74) is 2.38. The second-order valence-corrected chi connectivity index (χ2v) is 6.85. The predicted octanol–water partition coefficient (Wildman–Crippen LogP) is 3.51. The van der Waals surface area contributed by atoms with Crippen molar-refractivity contribution in [2.75, 3.05) is 26.2 Å². The van der Waals surface area contributed by atoms with E-state index >= 15 is 0 Å². The van der Waals surface area contributed by atoms with Crippen LogP contribution in [0.25, 0.3) is 0 Å². The maximum atomic E-state index is 12.7. The third-order valence-corrected chi connectivity index (χ3v) is 4.94. The van der Waals surface area contributed by atoms with E-state index in [-0.39, 0.29) is 22.2 Å². The molecule has 7 heteroatoms. The van der Waals surface area contributed by atoms with Crippen LogP contribution in [-0.2, 0) is 6.54 Å². The fourth-order valence-corrected chi connectivity index (χ4v) is 3.31. The quantitative estimate of drug-likeness (QED) is 0.607. The molecule has 0 N–H and O–H groups in total. The Bertz CT molecular complexity index is 833. The molecule has 0 radical (unpaired) electrons. The van der Waals surface area contributed by atoms with Gasteiger partial charge in [-0.3, -0.25) is 19.8 Å². The topological polar surface area (TPSA) is 66.7 Å². The summed E-state index contributed by atoms with van der Waals surface area (Å²) in [6.45, 7) is 5.50. The molecule has 0 aliphatic carbocycles. The van der Waals surface area contributed by atoms with E-state index in [0.29, 0.717) is 13.1 Å². The number of nitro groups is 1. The molecule has 1 saturated heterocycles. The first-order valence-corrected chi connectivity index (χ1v) is 8.83. The van der Waals surface area contributed by atoms with Crippen LogP contribution in [0, 0.1) is 17.0 Å². The summed E-state index contributed by atoms with van der Waals surface area (Å²) < 4.78 is 0. The Balaban J connectivity index is 1.66. The number of carbonyl (C=O) groups excluding carboxylic acids is 1. The minimum atomic E-state index is -0.562. The summed E-state index contributed by atoms with van der Waals surface area (Å²) in [5, 5.41) is 11.5. The smallest absolute Gasteiger partial charge is 0.283 e. The van der Waals surface area contributed by atoms with Gasteiger partial charge < -0.3 is 4.90 Å². The second kappa shape index (κ2) is 7.85. The highest BCUT2D eigenvalue weighted by Gasteiger charge is 2.27. The van der Waals surface area contributed by atoms with Crippen LogP contribution in [0.5, 0.6) is 0 Å². The van der Waals surface area contributed by atoms with E-state index in [1.807, 2.05) is 12.1 Å². The van der Waals surface area contributed by atoms with E-state index in [0.717, 1.165) is 19.6 Å². The maximum Gasteiger partial charge on any atom is 0.283 e. The first kappa shape index (κ1) is 18.4. The van der Waals surface area contributed by atoms with Gasteiger partial charge in [0.25, 0.3) is 11.6 Å². The van der Waals surface area contributed by atoms with Gasteiger partial charge in [-0.1, -0.05) is 35.9 Å². The summed E-state index contributed by atoms with van der Waals surface area (Å²) >= 11 is 5.82. The average molecular weight is 374 g/mol. The number of nitrogens with zero attached hydrogens (tertiary/aromatic N) is 3. The molecule has 0 aromatic heterocycles. The van der Waals surface area contributed by atoms with E-state index in [1.54, 1.807) is 4.90 Å². The number of halogens is 1. The number of piperazine rings is 1. The highest BCUT2D eigenvalue weighted by Crippen LogP contribution is 2.25. The maximum absolute atomic E-state index is 12.7. The molecule has 1 fully saturated rings. The van der Waals surface area contributed by atoms with Gasteiger partial charge in [0.05, 0.1) is 4.92 Å². The molecule has 1 aliphatic rings. The number of benzene rings is 2. The van der Waals surface area contributed by atoms with Gasteiger partial charge in [-0.15, -0.1) is 0 Å². The summed E-state index contributed by atoms with van der Waals surface area (Å²) in [6.07, 6.45) is 0. The molecule has 26 heavy (non-hydrogen) atoms. The third-order valence-electron chi connectivity index (χ3n) is 4.70. The lowest BCUT2D eigenvalue weighted by molar-refractivity contribution is -0.385. The van der Waals surface area contributed by atoms with E-state index < -0.39 is 4.92 Å². The SMILES string of the molecule is Cc1ccccc1CN1CCN(C(=O)c2ccc(Cl)cc2[N+](=O)[O-])CC1. The van der Waals surface area contributed by atoms with E-state index in [1.165, 1.54) is 29.3 Å². The van der Waals surface area contributed by atoms with Crippen molar-refractivity contribution in [2.24, 2.45) is 0 Å². The van der Waals surface area contributed by atoms with Crippen molar-refractivity contribution in [3.63, 3.8) is 0 Å². The molecular formula is C19H20ClN3O3. The van der Waals surface area contributed by atoms with Crippen LogP contribution < -0.4 is 0 Å². The van der Waals surface area contributed by atoms with Crippen molar-refractivity contribution >= 4 is 23.2 Å². The molecule has 0 saturated carbocycles. The Kier molecular flexibility index (Phi) is 5.54. The van der Waals surface area contributed by atoms with E-state index in [4.69, 9.17) is 11.6 Å². The number of rotatable bonds is 4. The first-order chi connectivity index (χ1) is 12.5. The Hall–Kier alpha value is -2.44. The van der Waals surface area contributed by atoms with Crippen LogP contribution in [-0.4, -0.2) is 46.8 Å². The van der Waals surface area contributed by atoms with Crippen molar-refractivity contribution in [3.8, 4) is 0 Å². The molecule has 3 rings (SSSR count). The minimum Gasteiger partial charge on any atom is -0.336 e. The van der Waals surface area contributed by atoms with Gasteiger partial charge >= 0.3 is 0 Å². The number of amides is 1. The average Bonchev–Trinajstić information content (AvgIpc) is 2.63. The van der Waals surface area contributed by atoms with Gasteiger partial charge in [-0.2, -0.15) is 0 Å². The number of carbonyl (C=O) groups is 1. The Morgan fingerprint density at radius 1 is 1.15 bits per heavy atom. The fourth-order valence-electron chi connectivity index (χ4n) is 3.14. The highest BCUT2D eigenvalue weighted by molar-refractivity contribution is 6.31. The van der Waals surface area contributed by atoms with E-state index in [2.05, 4.69) is 24.0 Å². The lowest BCUT2D eigenvalue weighted by Crippen LogP contribution is -2.48. The van der Waals surface area contributed by atoms with Crippen LogP contribution in [0.4, 0.5) is 5.69 Å². The normalized spacial score (nSPS) is 15.1. The molecule has 2 aromatic rings. The van der Waals surface area contributed by atoms with Gasteiger partial charge in [-0.05, 0) is 30.2 Å². The lowest BCUT2D eigenvalue weighted by Gasteiger charge is -2.35. The molecular weight excluding hydrogens is 354 g/mol. The van der Waals surface area contributed by atoms with Crippen LogP contribution in [0.15, 0.2) is 42.5 Å². The van der Waals surface area contributed by atoms with E-state index in [9.17, 15) is 14.9 Å². The number of aryl methyl sites for hydroxylation is 1. The van der Waals surface area contributed by atoms with Gasteiger partial charge in [0.2, 0.25) is 0 Å². The Morgan fingerprint density at radius 2 is 1.85 bits per heavy atom. The van der Waals surface area contributed by atoms with Gasteiger partial charge in [0.15, 0.2) is 0 Å². The standard InChI is InChI=1S/C19H20ClN3O3/c1-14-4-2-3-5-15(14)13-21-8-10-22(11-9-21)19(24)17-7-6-16(20)12-18(17)23(25)26/h2-7,12H,8-11,13H2,1H3. The zero-order valence-corrected chi connectivity index (χ0v) is 15.3. The molecule has 136 valence electrons. The molecule has 0 spiro atoms. The largest absolute Gasteiger partial charge is 0.336 e. The van der Waals surface area contributed by atoms with Gasteiger partial charge in [0, 0.05) is 43.8 Å². The Labute approximate surface area is 157 Å². The summed E-state index contributed by atoms with van der Waals surface area (Å²) in [4.78, 5) is 27.3. The van der Waals surface area contributed by atoms with Crippen LogP contribution in [0.3, 0.4) is 0 Å². The molecule has 0 bridgehead atoms. The molecule has 1 heterocycles. The van der Waals surface area contributed by atoms with Crippen molar-refractivity contribution < 1.29 is 9.72 Å². The molecule has 0 atom stereocenters. The van der Waals surface area contributed by atoms with Crippen molar-refractivity contribution in [1.82, 2.24) is 9.80 Å². The number of nitro benzene ring substituents is 1. The van der Waals surface area contributed by atoms with Crippen molar-refractivity contribution in [3.05, 3.63) is 74.3 Å².